The minimum absolute atomic E-state index is 0.231. The summed E-state index contributed by atoms with van der Waals surface area (Å²) in [6, 6.07) is 19.9. The number of azo groups is 1. The van der Waals surface area contributed by atoms with E-state index >= 15 is 0 Å². The Morgan fingerprint density at radius 3 is 1.38 bits per heavy atom. The van der Waals surface area contributed by atoms with Crippen LogP contribution in [0, 0.1) is 13.8 Å². The molecule has 0 amide bonds. The zero-order chi connectivity index (χ0) is 29.8. The molecule has 0 bridgehead atoms. The highest BCUT2D eigenvalue weighted by atomic mass is 32.2. The van der Waals surface area contributed by atoms with Gasteiger partial charge in [0.15, 0.2) is 0 Å². The van der Waals surface area contributed by atoms with Gasteiger partial charge in [0.25, 0.3) is 20.2 Å². The molecule has 14 heteroatoms. The van der Waals surface area contributed by atoms with Crippen LogP contribution < -0.4 is 0 Å². The van der Waals surface area contributed by atoms with Crippen LogP contribution in [-0.4, -0.2) is 35.9 Å². The zero-order valence-corrected chi connectivity index (χ0v) is 25.1. The lowest BCUT2D eigenvalue weighted by Crippen LogP contribution is -1.99. The Labute approximate surface area is 248 Å². The van der Waals surface area contributed by atoms with Crippen molar-refractivity contribution in [2.24, 2.45) is 10.2 Å². The van der Waals surface area contributed by atoms with Gasteiger partial charge in [0, 0.05) is 11.1 Å². The molecule has 6 aromatic rings. The summed E-state index contributed by atoms with van der Waals surface area (Å²) in [5.41, 5.74) is 3.99. The Kier molecular flexibility index (Phi) is 7.00. The van der Waals surface area contributed by atoms with Crippen LogP contribution in [0.1, 0.15) is 11.1 Å². The lowest BCUT2D eigenvalue weighted by Gasteiger charge is -2.06. The molecule has 42 heavy (non-hydrogen) atoms. The normalized spacial score (nSPS) is 12.6. The first-order chi connectivity index (χ1) is 19.8. The number of aromatic nitrogens is 2. The number of rotatable bonds is 6. The van der Waals surface area contributed by atoms with E-state index in [-0.39, 0.29) is 11.4 Å². The van der Waals surface area contributed by atoms with E-state index in [4.69, 9.17) is 0 Å². The van der Waals surface area contributed by atoms with Gasteiger partial charge in [0.2, 0.25) is 0 Å². The maximum absolute atomic E-state index is 12.3. The number of nitrogens with zero attached hydrogens (tertiary/aromatic N) is 4. The van der Waals surface area contributed by atoms with Gasteiger partial charge in [-0.25, -0.2) is 9.97 Å². The molecule has 2 N–H and O–H groups in total. The third kappa shape index (κ3) is 5.60. The molecular formula is C28H20N4O6S4. The molecule has 0 aliphatic carbocycles. The molecule has 0 aliphatic heterocycles. The molecule has 0 saturated carbocycles. The van der Waals surface area contributed by atoms with E-state index < -0.39 is 30.0 Å². The second-order valence-corrected chi connectivity index (χ2v) is 14.3. The Balaban J connectivity index is 1.40. The highest BCUT2D eigenvalue weighted by molar-refractivity contribution is 7.86. The van der Waals surface area contributed by atoms with E-state index in [0.29, 0.717) is 21.1 Å². The largest absolute Gasteiger partial charge is 0.296 e. The van der Waals surface area contributed by atoms with Crippen molar-refractivity contribution in [2.45, 2.75) is 23.6 Å². The molecule has 0 unspecified atom stereocenters. The minimum Gasteiger partial charge on any atom is -0.282 e. The molecular weight excluding hydrogens is 617 g/mol. The monoisotopic (exact) mass is 636 g/mol. The third-order valence-electron chi connectivity index (χ3n) is 6.32. The van der Waals surface area contributed by atoms with Crippen LogP contribution in [0.3, 0.4) is 0 Å². The Hall–Kier alpha value is -3.92. The molecule has 2 aromatic heterocycles. The fourth-order valence-electron chi connectivity index (χ4n) is 4.30. The van der Waals surface area contributed by atoms with Crippen LogP contribution in [0.5, 0.6) is 0 Å². The van der Waals surface area contributed by atoms with Gasteiger partial charge in [-0.2, -0.15) is 16.8 Å². The minimum atomic E-state index is -4.75. The summed E-state index contributed by atoms with van der Waals surface area (Å²) < 4.78 is 70.9. The van der Waals surface area contributed by atoms with Gasteiger partial charge in [0.05, 0.1) is 20.4 Å². The van der Waals surface area contributed by atoms with Gasteiger partial charge < -0.3 is 0 Å². The SMILES string of the molecule is Cc1ccc2sc(-c3ccc(N=Nc4ccc(-c5nc6cc(C)ccc6s5)cc4S(=O)(=O)O)c(S(=O)(=O)O)c3)nc2c1. The number of aryl methyl sites for hydroxylation is 2. The predicted molar refractivity (Wildman–Crippen MR) is 163 cm³/mol. The Morgan fingerprint density at radius 1 is 0.595 bits per heavy atom. The first-order valence-corrected chi connectivity index (χ1v) is 16.8. The van der Waals surface area contributed by atoms with E-state index in [1.54, 1.807) is 12.1 Å². The molecule has 2 heterocycles. The Bertz CT molecular complexity index is 2130. The Morgan fingerprint density at radius 2 is 1.00 bits per heavy atom. The van der Waals surface area contributed by atoms with Gasteiger partial charge in [-0.3, -0.25) is 9.11 Å². The van der Waals surface area contributed by atoms with Crippen molar-refractivity contribution in [3.63, 3.8) is 0 Å². The second-order valence-electron chi connectivity index (χ2n) is 9.50. The average Bonchev–Trinajstić information content (AvgIpc) is 3.54. The standard InChI is InChI=1S/C28H20N4O6S4/c1-15-3-9-23-21(11-15)29-27(39-23)17-5-7-19(25(13-17)41(33,34)35)31-32-20-8-6-18(14-26(20)42(36,37)38)28-30-22-12-16(2)4-10-24(22)40-28/h3-14H,1-2H3,(H,33,34,35)(H,36,37,38). The summed E-state index contributed by atoms with van der Waals surface area (Å²) in [6.07, 6.45) is 0. The number of thiazole rings is 2. The lowest BCUT2D eigenvalue weighted by molar-refractivity contribution is 0.481. The molecule has 0 fully saturated rings. The summed E-state index contributed by atoms with van der Waals surface area (Å²) in [5.74, 6) is 0. The van der Waals surface area contributed by atoms with Gasteiger partial charge in [-0.15, -0.1) is 32.9 Å². The first-order valence-electron chi connectivity index (χ1n) is 12.3. The van der Waals surface area contributed by atoms with E-state index in [9.17, 15) is 25.9 Å². The fraction of sp³-hybridized carbons (Fsp3) is 0.0714. The first kappa shape index (κ1) is 28.2. The molecule has 212 valence electrons. The van der Waals surface area contributed by atoms with E-state index in [1.165, 1.54) is 46.9 Å². The molecule has 0 spiro atoms. The lowest BCUT2D eigenvalue weighted by atomic mass is 10.2. The van der Waals surface area contributed by atoms with Crippen LogP contribution >= 0.6 is 22.7 Å². The van der Waals surface area contributed by atoms with Gasteiger partial charge in [-0.1, -0.05) is 12.1 Å². The van der Waals surface area contributed by atoms with Crippen LogP contribution in [0.2, 0.25) is 0 Å². The van der Waals surface area contributed by atoms with E-state index in [1.807, 2.05) is 50.2 Å². The van der Waals surface area contributed by atoms with Crippen LogP contribution in [0.25, 0.3) is 41.6 Å². The van der Waals surface area contributed by atoms with Crippen molar-refractivity contribution in [3.05, 3.63) is 83.9 Å². The average molecular weight is 637 g/mol. The smallest absolute Gasteiger partial charge is 0.282 e. The maximum Gasteiger partial charge on any atom is 0.296 e. The molecule has 0 saturated heterocycles. The highest BCUT2D eigenvalue weighted by Crippen LogP contribution is 2.38. The van der Waals surface area contributed by atoms with Crippen LogP contribution in [-0.2, 0) is 20.2 Å². The van der Waals surface area contributed by atoms with Crippen LogP contribution in [0.4, 0.5) is 11.4 Å². The number of fused-ring (bicyclic) bond motifs is 2. The molecule has 10 nitrogen and oxygen atoms in total. The number of hydrogen-bond acceptors (Lipinski definition) is 10. The zero-order valence-electron chi connectivity index (χ0n) is 21.9. The topological polar surface area (TPSA) is 159 Å². The number of benzene rings is 4. The third-order valence-corrected chi connectivity index (χ3v) is 10.3. The summed E-state index contributed by atoms with van der Waals surface area (Å²) >= 11 is 2.72. The van der Waals surface area contributed by atoms with Crippen molar-refractivity contribution in [3.8, 4) is 21.1 Å². The molecule has 0 radical (unpaired) electrons. The van der Waals surface area contributed by atoms with E-state index in [0.717, 1.165) is 31.6 Å². The molecule has 0 atom stereocenters. The summed E-state index contributed by atoms with van der Waals surface area (Å²) in [4.78, 5) is 8.07. The fourth-order valence-corrected chi connectivity index (χ4v) is 7.49. The van der Waals surface area contributed by atoms with Gasteiger partial charge in [-0.05, 0) is 85.6 Å². The van der Waals surface area contributed by atoms with Gasteiger partial charge in [0.1, 0.15) is 31.2 Å². The maximum atomic E-state index is 12.3. The van der Waals surface area contributed by atoms with Crippen molar-refractivity contribution >= 4 is 74.7 Å². The van der Waals surface area contributed by atoms with E-state index in [2.05, 4.69) is 20.2 Å². The van der Waals surface area contributed by atoms with Crippen molar-refractivity contribution in [2.75, 3.05) is 0 Å². The van der Waals surface area contributed by atoms with Crippen molar-refractivity contribution < 1.29 is 25.9 Å². The molecule has 0 aliphatic rings. The summed E-state index contributed by atoms with van der Waals surface area (Å²) in [7, 11) is -9.51. The van der Waals surface area contributed by atoms with Crippen molar-refractivity contribution in [1.82, 2.24) is 9.97 Å². The van der Waals surface area contributed by atoms with Crippen molar-refractivity contribution in [1.29, 1.82) is 0 Å². The quantitative estimate of drug-likeness (QED) is 0.139. The van der Waals surface area contributed by atoms with Gasteiger partial charge >= 0.3 is 0 Å². The summed E-state index contributed by atoms with van der Waals surface area (Å²) in [5, 5.41) is 8.95. The predicted octanol–water partition coefficient (Wildman–Crippen LogP) is 7.77. The highest BCUT2D eigenvalue weighted by Gasteiger charge is 2.21. The molecule has 4 aromatic carbocycles. The number of hydrogen-bond donors (Lipinski definition) is 2. The van der Waals surface area contributed by atoms with Crippen LogP contribution in [0.15, 0.2) is 92.8 Å². The summed E-state index contributed by atoms with van der Waals surface area (Å²) in [6.45, 7) is 3.88. The molecule has 6 rings (SSSR count). The second kappa shape index (κ2) is 10.4.